The van der Waals surface area contributed by atoms with Crippen molar-refractivity contribution in [3.8, 4) is 68.6 Å². The average molecular weight is 795 g/mol. The molecule has 12 aromatic rings. The first-order valence-electron chi connectivity index (χ1n) is 20.6. The SMILES string of the molecule is c1ccc(-c2ccc(-c3nc(-c4ccccc4)nc(-n4c5ccccc5c5c6c7ccccc7n(-c7nc(-c8ccccc8)nc(-c8ccccc8)n7)c6ccc54)n3)cc2)cc1. The van der Waals surface area contributed by atoms with Gasteiger partial charge in [-0.05, 0) is 35.4 Å². The van der Waals surface area contributed by atoms with Crippen LogP contribution in [0.2, 0.25) is 0 Å². The Hall–Kier alpha value is -8.62. The Balaban J connectivity index is 1.11. The fourth-order valence-electron chi connectivity index (χ4n) is 8.60. The van der Waals surface area contributed by atoms with Crippen LogP contribution in [0.1, 0.15) is 0 Å². The lowest BCUT2D eigenvalue weighted by atomic mass is 10.0. The largest absolute Gasteiger partial charge is 0.278 e. The fraction of sp³-hybridized carbons (Fsp3) is 0. The second-order valence-corrected chi connectivity index (χ2v) is 15.2. The highest BCUT2D eigenvalue weighted by molar-refractivity contribution is 6.28. The van der Waals surface area contributed by atoms with E-state index in [0.29, 0.717) is 35.2 Å². The number of nitrogens with zero attached hydrogens (tertiary/aromatic N) is 8. The first kappa shape index (κ1) is 35.3. The summed E-state index contributed by atoms with van der Waals surface area (Å²) in [6.07, 6.45) is 0. The number of benzene rings is 8. The summed E-state index contributed by atoms with van der Waals surface area (Å²) in [5, 5.41) is 4.34. The molecule has 0 aliphatic heterocycles. The maximum Gasteiger partial charge on any atom is 0.238 e. The van der Waals surface area contributed by atoms with Crippen LogP contribution in [0.4, 0.5) is 0 Å². The van der Waals surface area contributed by atoms with E-state index in [1.165, 1.54) is 0 Å². The van der Waals surface area contributed by atoms with Crippen LogP contribution in [-0.2, 0) is 0 Å². The first-order chi connectivity index (χ1) is 30.7. The zero-order valence-corrected chi connectivity index (χ0v) is 33.2. The Labute approximate surface area is 356 Å². The summed E-state index contributed by atoms with van der Waals surface area (Å²) in [5.74, 6) is 3.47. The van der Waals surface area contributed by atoms with Crippen LogP contribution in [0.25, 0.3) is 112 Å². The summed E-state index contributed by atoms with van der Waals surface area (Å²) in [7, 11) is 0. The van der Waals surface area contributed by atoms with Gasteiger partial charge in [0.15, 0.2) is 23.3 Å². The molecular weight excluding hydrogens is 761 g/mol. The van der Waals surface area contributed by atoms with E-state index in [9.17, 15) is 0 Å². The van der Waals surface area contributed by atoms with E-state index in [-0.39, 0.29) is 0 Å². The van der Waals surface area contributed by atoms with E-state index in [2.05, 4.69) is 118 Å². The minimum atomic E-state index is 0.535. The smallest absolute Gasteiger partial charge is 0.238 e. The number of para-hydroxylation sites is 2. The summed E-state index contributed by atoms with van der Waals surface area (Å²) < 4.78 is 4.35. The van der Waals surface area contributed by atoms with Crippen LogP contribution in [0, 0.1) is 0 Å². The van der Waals surface area contributed by atoms with E-state index in [1.54, 1.807) is 0 Å². The molecule has 8 heteroatoms. The Morgan fingerprint density at radius 1 is 0.226 bits per heavy atom. The first-order valence-corrected chi connectivity index (χ1v) is 20.6. The Morgan fingerprint density at radius 2 is 0.516 bits per heavy atom. The standard InChI is InChI=1S/C54H34N8/c1-5-17-35(18-6-1)36-29-31-40(32-30-36)52-56-51(39-23-11-4-12-24-39)59-54(60-52)62-44-28-16-14-26-42(44)48-46(62)34-33-45-47(48)41-25-13-15-27-43(41)61(45)53-57-49(37-19-7-2-8-20-37)55-50(58-53)38-21-9-3-10-22-38/h1-34H. The van der Waals surface area contributed by atoms with Gasteiger partial charge in [0, 0.05) is 43.8 Å². The van der Waals surface area contributed by atoms with Crippen molar-refractivity contribution in [3.05, 3.63) is 206 Å². The minimum absolute atomic E-state index is 0.535. The van der Waals surface area contributed by atoms with Gasteiger partial charge < -0.3 is 0 Å². The van der Waals surface area contributed by atoms with E-state index >= 15 is 0 Å². The molecule has 0 aliphatic carbocycles. The number of rotatable bonds is 7. The fourth-order valence-corrected chi connectivity index (χ4v) is 8.60. The van der Waals surface area contributed by atoms with Gasteiger partial charge in [-0.1, -0.05) is 182 Å². The molecule has 0 amide bonds. The van der Waals surface area contributed by atoms with Gasteiger partial charge in [-0.2, -0.15) is 19.9 Å². The van der Waals surface area contributed by atoms with Gasteiger partial charge in [-0.25, -0.2) is 9.97 Å². The molecule has 0 radical (unpaired) electrons. The highest BCUT2D eigenvalue weighted by Gasteiger charge is 2.24. The molecule has 0 unspecified atom stereocenters. The number of fused-ring (bicyclic) bond motifs is 7. The van der Waals surface area contributed by atoms with Crippen LogP contribution in [-0.4, -0.2) is 39.0 Å². The molecule has 0 saturated carbocycles. The average Bonchev–Trinajstić information content (AvgIpc) is 3.88. The third-order valence-corrected chi connectivity index (χ3v) is 11.5. The van der Waals surface area contributed by atoms with Gasteiger partial charge in [-0.3, -0.25) is 9.13 Å². The Kier molecular flexibility index (Phi) is 8.31. The monoisotopic (exact) mass is 794 g/mol. The molecular formula is C54H34N8. The van der Waals surface area contributed by atoms with Crippen molar-refractivity contribution in [2.45, 2.75) is 0 Å². The van der Waals surface area contributed by atoms with Gasteiger partial charge in [0.2, 0.25) is 11.9 Å². The van der Waals surface area contributed by atoms with Gasteiger partial charge >= 0.3 is 0 Å². The molecule has 4 aromatic heterocycles. The van der Waals surface area contributed by atoms with Crippen molar-refractivity contribution < 1.29 is 0 Å². The number of hydrogen-bond donors (Lipinski definition) is 0. The van der Waals surface area contributed by atoms with Crippen LogP contribution in [0.3, 0.4) is 0 Å². The lowest BCUT2D eigenvalue weighted by molar-refractivity contribution is 0.950. The van der Waals surface area contributed by atoms with Crippen LogP contribution < -0.4 is 0 Å². The molecule has 0 saturated heterocycles. The maximum absolute atomic E-state index is 5.26. The van der Waals surface area contributed by atoms with E-state index < -0.39 is 0 Å². The van der Waals surface area contributed by atoms with Gasteiger partial charge in [0.1, 0.15) is 0 Å². The third kappa shape index (κ3) is 5.92. The van der Waals surface area contributed by atoms with Crippen LogP contribution in [0.15, 0.2) is 206 Å². The molecule has 290 valence electrons. The van der Waals surface area contributed by atoms with Crippen molar-refractivity contribution in [1.82, 2.24) is 39.0 Å². The lowest BCUT2D eigenvalue weighted by Crippen LogP contribution is -2.07. The molecule has 62 heavy (non-hydrogen) atoms. The summed E-state index contributed by atoms with van der Waals surface area (Å²) in [4.78, 5) is 30.9. The maximum atomic E-state index is 5.26. The molecule has 12 rings (SSSR count). The van der Waals surface area contributed by atoms with Gasteiger partial charge in [-0.15, -0.1) is 0 Å². The predicted octanol–water partition coefficient (Wildman–Crippen LogP) is 12.6. The highest BCUT2D eigenvalue weighted by Crippen LogP contribution is 2.42. The third-order valence-electron chi connectivity index (χ3n) is 11.5. The predicted molar refractivity (Wildman–Crippen MR) is 249 cm³/mol. The molecule has 0 bridgehead atoms. The lowest BCUT2D eigenvalue weighted by Gasteiger charge is -2.12. The molecule has 4 heterocycles. The van der Waals surface area contributed by atoms with Crippen LogP contribution >= 0.6 is 0 Å². The quantitative estimate of drug-likeness (QED) is 0.160. The Morgan fingerprint density at radius 3 is 0.903 bits per heavy atom. The molecule has 0 atom stereocenters. The normalized spacial score (nSPS) is 11.5. The topological polar surface area (TPSA) is 87.2 Å². The molecule has 8 aromatic carbocycles. The second-order valence-electron chi connectivity index (χ2n) is 15.2. The Bertz CT molecular complexity index is 3540. The summed E-state index contributed by atoms with van der Waals surface area (Å²) in [6, 6.07) is 70.4. The van der Waals surface area contributed by atoms with E-state index in [0.717, 1.165) is 77.0 Å². The van der Waals surface area contributed by atoms with Gasteiger partial charge in [0.25, 0.3) is 0 Å². The van der Waals surface area contributed by atoms with Crippen molar-refractivity contribution in [2.24, 2.45) is 0 Å². The molecule has 0 N–H and O–H groups in total. The number of aromatic nitrogens is 8. The van der Waals surface area contributed by atoms with Crippen LogP contribution in [0.5, 0.6) is 0 Å². The summed E-state index contributed by atoms with van der Waals surface area (Å²) in [6.45, 7) is 0. The molecule has 0 aliphatic rings. The van der Waals surface area contributed by atoms with Crippen molar-refractivity contribution in [3.63, 3.8) is 0 Å². The summed E-state index contributed by atoms with van der Waals surface area (Å²) >= 11 is 0. The van der Waals surface area contributed by atoms with Crippen molar-refractivity contribution >= 4 is 43.6 Å². The second kappa shape index (κ2) is 14.6. The zero-order valence-electron chi connectivity index (χ0n) is 33.2. The zero-order chi connectivity index (χ0) is 41.0. The molecule has 0 spiro atoms. The van der Waals surface area contributed by atoms with E-state index in [4.69, 9.17) is 29.9 Å². The minimum Gasteiger partial charge on any atom is -0.278 e. The number of hydrogen-bond acceptors (Lipinski definition) is 6. The molecule has 0 fully saturated rings. The molecule has 8 nitrogen and oxygen atoms in total. The van der Waals surface area contributed by atoms with Crippen molar-refractivity contribution in [2.75, 3.05) is 0 Å². The van der Waals surface area contributed by atoms with Crippen molar-refractivity contribution in [1.29, 1.82) is 0 Å². The highest BCUT2D eigenvalue weighted by atomic mass is 15.2. The summed E-state index contributed by atoms with van der Waals surface area (Å²) in [5.41, 5.74) is 9.85. The van der Waals surface area contributed by atoms with E-state index in [1.807, 2.05) is 97.1 Å². The van der Waals surface area contributed by atoms with Gasteiger partial charge in [0.05, 0.1) is 22.1 Å².